The Labute approximate surface area is 151 Å². The van der Waals surface area contributed by atoms with Crippen molar-refractivity contribution in [3.63, 3.8) is 0 Å². The number of nitrogens with one attached hydrogen (secondary N) is 1. The van der Waals surface area contributed by atoms with Gasteiger partial charge in [0.25, 0.3) is 0 Å². The molecule has 0 spiro atoms. The maximum Gasteiger partial charge on any atom is 0.383 e. The van der Waals surface area contributed by atoms with E-state index in [2.05, 4.69) is 5.32 Å². The van der Waals surface area contributed by atoms with Crippen LogP contribution < -0.4 is 5.32 Å². The van der Waals surface area contributed by atoms with Crippen molar-refractivity contribution >= 4 is 38.2 Å². The van der Waals surface area contributed by atoms with Crippen LogP contribution in [0.15, 0.2) is 60.8 Å². The first kappa shape index (κ1) is 19.8. The Morgan fingerprint density at radius 2 is 1.68 bits per heavy atom. The van der Waals surface area contributed by atoms with E-state index in [-0.39, 0.29) is 5.76 Å². The summed E-state index contributed by atoms with van der Waals surface area (Å²) in [4.78, 5) is 9.32. The second-order valence-electron chi connectivity index (χ2n) is 5.25. The molecule has 2 rings (SSSR count). The molecule has 0 radical (unpaired) electrons. The van der Waals surface area contributed by atoms with Gasteiger partial charge in [0.15, 0.2) is 5.76 Å². The number of halogens is 1. The lowest BCUT2D eigenvalue weighted by Crippen LogP contribution is -1.98. The minimum Gasteiger partial charge on any atom is -0.422 e. The highest BCUT2D eigenvalue weighted by Crippen LogP contribution is 2.60. The number of rotatable bonds is 7. The van der Waals surface area contributed by atoms with Crippen molar-refractivity contribution < 1.29 is 22.9 Å². The van der Waals surface area contributed by atoms with E-state index in [1.807, 2.05) is 30.3 Å². The smallest absolute Gasteiger partial charge is 0.383 e. The molecule has 0 amide bonds. The summed E-state index contributed by atoms with van der Waals surface area (Å²) in [6, 6.07) is 16.0. The zero-order valence-electron chi connectivity index (χ0n) is 13.6. The molecule has 0 aliphatic heterocycles. The van der Waals surface area contributed by atoms with E-state index in [0.717, 1.165) is 19.0 Å². The molecule has 134 valence electrons. The monoisotopic (exact) mass is 401 g/mol. The summed E-state index contributed by atoms with van der Waals surface area (Å²) in [6.45, 7) is 2.06. The molecule has 25 heavy (non-hydrogen) atoms. The molecule has 0 aliphatic rings. The highest BCUT2D eigenvalue weighted by Gasteiger charge is 2.29. The second kappa shape index (κ2) is 8.22. The minimum absolute atomic E-state index is 0.119. The molecule has 2 atom stereocenters. The van der Waals surface area contributed by atoms with E-state index in [9.17, 15) is 14.0 Å². The van der Waals surface area contributed by atoms with Gasteiger partial charge in [-0.15, -0.1) is 0 Å². The van der Waals surface area contributed by atoms with Crippen molar-refractivity contribution in [1.29, 1.82) is 0 Å². The summed E-state index contributed by atoms with van der Waals surface area (Å²) in [7, 11) is -7.85. The molecule has 2 N–H and O–H groups in total. The van der Waals surface area contributed by atoms with Gasteiger partial charge in [0.2, 0.25) is 0 Å². The van der Waals surface area contributed by atoms with Crippen molar-refractivity contribution in [2.75, 3.05) is 18.6 Å². The molecule has 2 unspecified atom stereocenters. The first-order valence-electron chi connectivity index (χ1n) is 7.22. The minimum atomic E-state index is -3.99. The van der Waals surface area contributed by atoms with E-state index in [1.54, 1.807) is 24.3 Å². The van der Waals surface area contributed by atoms with Crippen molar-refractivity contribution in [1.82, 2.24) is 0 Å². The molecule has 0 saturated heterocycles. The molecule has 0 heterocycles. The lowest BCUT2D eigenvalue weighted by atomic mass is 10.2. The zero-order chi connectivity index (χ0) is 18.5. The Balaban J connectivity index is 2.34. The van der Waals surface area contributed by atoms with Gasteiger partial charge in [-0.05, 0) is 24.3 Å². The zero-order valence-corrected chi connectivity index (χ0v) is 16.2. The molecular formula is C16H18ClNO5P2. The summed E-state index contributed by atoms with van der Waals surface area (Å²) in [5.74, 6) is 0.119. The van der Waals surface area contributed by atoms with E-state index in [4.69, 9.17) is 20.4 Å². The van der Waals surface area contributed by atoms with Gasteiger partial charge in [-0.3, -0.25) is 4.57 Å². The van der Waals surface area contributed by atoms with Gasteiger partial charge in [-0.25, -0.2) is 8.88 Å². The first-order valence-corrected chi connectivity index (χ1v) is 11.6. The summed E-state index contributed by atoms with van der Waals surface area (Å²) >= 11 is 6.18. The Morgan fingerprint density at radius 1 is 1.08 bits per heavy atom. The van der Waals surface area contributed by atoms with E-state index in [0.29, 0.717) is 10.6 Å². The number of benzene rings is 2. The van der Waals surface area contributed by atoms with Gasteiger partial charge in [0.05, 0.1) is 11.7 Å². The molecule has 9 heteroatoms. The number of anilines is 1. The van der Waals surface area contributed by atoms with E-state index < -0.39 is 15.2 Å². The molecular weight excluding hydrogens is 384 g/mol. The first-order chi connectivity index (χ1) is 11.7. The van der Waals surface area contributed by atoms with Crippen LogP contribution in [0.4, 0.5) is 5.69 Å². The highest BCUT2D eigenvalue weighted by atomic mass is 35.5. The maximum atomic E-state index is 12.4. The molecule has 6 nitrogen and oxygen atoms in total. The molecule has 0 aromatic heterocycles. The fraction of sp³-hybridized carbons (Fsp3) is 0.125. The number of hydrogen-bond acceptors (Lipinski definition) is 5. The van der Waals surface area contributed by atoms with Crippen LogP contribution in [0, 0.1) is 0 Å². The highest BCUT2D eigenvalue weighted by molar-refractivity contribution is 7.66. The van der Waals surface area contributed by atoms with Crippen LogP contribution in [0.1, 0.15) is 5.56 Å². The Kier molecular flexibility index (Phi) is 6.50. The predicted molar refractivity (Wildman–Crippen MR) is 101 cm³/mol. The number of para-hydroxylation sites is 1. The summed E-state index contributed by atoms with van der Waals surface area (Å²) in [5.41, 5.74) is 1.23. The standard InChI is InChI=1S/C16H18ClNO5P2/c1-24(19,20)23-25(2,21)22-16(14-10-6-7-11-15(14)17)12-18-13-8-4-3-5-9-13/h3-12,18H,1-2H3,(H,19,20). The lowest BCUT2D eigenvalue weighted by molar-refractivity contribution is 0.336. The molecule has 0 fully saturated rings. The van der Waals surface area contributed by atoms with Crippen LogP contribution in [0.3, 0.4) is 0 Å². The van der Waals surface area contributed by atoms with Crippen LogP contribution in [0.2, 0.25) is 5.02 Å². The van der Waals surface area contributed by atoms with Gasteiger partial charge in [-0.1, -0.05) is 41.9 Å². The van der Waals surface area contributed by atoms with Crippen molar-refractivity contribution in [2.24, 2.45) is 0 Å². The number of hydrogen-bond donors (Lipinski definition) is 2. The maximum absolute atomic E-state index is 12.4. The van der Waals surface area contributed by atoms with Gasteiger partial charge in [0, 0.05) is 24.1 Å². The van der Waals surface area contributed by atoms with Gasteiger partial charge >= 0.3 is 15.2 Å². The SMILES string of the molecule is CP(=O)(O)OP(C)(=O)OC(=CNc1ccccc1)c1ccccc1Cl. The van der Waals surface area contributed by atoms with E-state index in [1.165, 1.54) is 6.20 Å². The predicted octanol–water partition coefficient (Wildman–Crippen LogP) is 5.42. The second-order valence-corrected chi connectivity index (χ2v) is 9.64. The summed E-state index contributed by atoms with van der Waals surface area (Å²) in [6.07, 6.45) is 1.47. The van der Waals surface area contributed by atoms with Gasteiger partial charge < -0.3 is 14.7 Å². The third kappa shape index (κ3) is 6.69. The third-order valence-electron chi connectivity index (χ3n) is 2.85. The molecule has 2 aromatic carbocycles. The molecule has 2 aromatic rings. The average Bonchev–Trinajstić information content (AvgIpc) is 2.50. The van der Waals surface area contributed by atoms with Gasteiger partial charge in [-0.2, -0.15) is 0 Å². The Hall–Kier alpha value is -1.55. The van der Waals surface area contributed by atoms with Crippen LogP contribution in [-0.2, 0) is 18.0 Å². The van der Waals surface area contributed by atoms with Crippen molar-refractivity contribution in [2.45, 2.75) is 0 Å². The normalized spacial score (nSPS) is 16.6. The van der Waals surface area contributed by atoms with Gasteiger partial charge in [0.1, 0.15) is 0 Å². The Morgan fingerprint density at radius 3 is 2.28 bits per heavy atom. The Bertz CT molecular complexity index is 851. The fourth-order valence-electron chi connectivity index (χ4n) is 1.97. The topological polar surface area (TPSA) is 84.9 Å². The molecule has 0 saturated carbocycles. The van der Waals surface area contributed by atoms with Crippen molar-refractivity contribution in [3.05, 3.63) is 71.4 Å². The molecule has 0 aliphatic carbocycles. The fourth-order valence-corrected chi connectivity index (χ4v) is 5.04. The van der Waals surface area contributed by atoms with E-state index >= 15 is 0 Å². The average molecular weight is 402 g/mol. The van der Waals surface area contributed by atoms with Crippen LogP contribution in [0.5, 0.6) is 0 Å². The van der Waals surface area contributed by atoms with Crippen LogP contribution in [0.25, 0.3) is 5.76 Å². The van der Waals surface area contributed by atoms with Crippen LogP contribution in [-0.4, -0.2) is 18.2 Å². The lowest BCUT2D eigenvalue weighted by Gasteiger charge is -2.19. The third-order valence-corrected chi connectivity index (χ3v) is 6.10. The summed E-state index contributed by atoms with van der Waals surface area (Å²) < 4.78 is 34.0. The van der Waals surface area contributed by atoms with Crippen molar-refractivity contribution in [3.8, 4) is 0 Å². The molecule has 0 bridgehead atoms. The van der Waals surface area contributed by atoms with Crippen LogP contribution >= 0.6 is 26.8 Å². The largest absolute Gasteiger partial charge is 0.422 e. The summed E-state index contributed by atoms with van der Waals surface area (Å²) in [5, 5.41) is 3.37. The quantitative estimate of drug-likeness (QED) is 0.476.